The Kier molecular flexibility index (Phi) is 3.83. The van der Waals surface area contributed by atoms with Gasteiger partial charge in [-0.2, -0.15) is 0 Å². The van der Waals surface area contributed by atoms with E-state index in [2.05, 4.69) is 10.3 Å². The number of thiazole rings is 1. The van der Waals surface area contributed by atoms with Gasteiger partial charge in [-0.1, -0.05) is 11.6 Å². The molecular weight excluding hydrogens is 222 g/mol. The molecule has 1 rings (SSSR count). The standard InChI is InChI=1S/C6H7ClF2N2OS/c7-4-2-13-6(11-4)10-1-3(12)5(8)9/h2-3,5,12H,1H2,(H,10,11). The second-order valence-corrected chi connectivity index (χ2v) is 3.50. The minimum atomic E-state index is -2.75. The molecule has 0 bridgehead atoms. The summed E-state index contributed by atoms with van der Waals surface area (Å²) in [5.41, 5.74) is 0. The summed E-state index contributed by atoms with van der Waals surface area (Å²) in [5.74, 6) is 0. The molecule has 0 fully saturated rings. The van der Waals surface area contributed by atoms with Crippen molar-refractivity contribution in [2.24, 2.45) is 0 Å². The molecule has 1 aromatic rings. The highest BCUT2D eigenvalue weighted by Gasteiger charge is 2.16. The van der Waals surface area contributed by atoms with Crippen molar-refractivity contribution < 1.29 is 13.9 Å². The van der Waals surface area contributed by atoms with Gasteiger partial charge in [0, 0.05) is 11.9 Å². The maximum Gasteiger partial charge on any atom is 0.265 e. The van der Waals surface area contributed by atoms with Crippen LogP contribution in [0, 0.1) is 0 Å². The molecule has 0 aliphatic carbocycles. The van der Waals surface area contributed by atoms with Crippen molar-refractivity contribution in [3.05, 3.63) is 10.5 Å². The lowest BCUT2D eigenvalue weighted by Gasteiger charge is -2.08. The average Bonchev–Trinajstić information content (AvgIpc) is 2.47. The van der Waals surface area contributed by atoms with Crippen LogP contribution in [0.4, 0.5) is 13.9 Å². The van der Waals surface area contributed by atoms with Gasteiger partial charge in [-0.15, -0.1) is 11.3 Å². The number of hydrogen-bond acceptors (Lipinski definition) is 4. The van der Waals surface area contributed by atoms with E-state index in [9.17, 15) is 8.78 Å². The van der Waals surface area contributed by atoms with Crippen LogP contribution in [0.1, 0.15) is 0 Å². The molecule has 0 aliphatic heterocycles. The highest BCUT2D eigenvalue weighted by Crippen LogP contribution is 2.18. The maximum atomic E-state index is 11.8. The molecule has 0 aliphatic rings. The number of nitrogens with zero attached hydrogens (tertiary/aromatic N) is 1. The third-order valence-electron chi connectivity index (χ3n) is 1.23. The fourth-order valence-corrected chi connectivity index (χ4v) is 1.46. The Morgan fingerprint density at radius 2 is 2.38 bits per heavy atom. The fraction of sp³-hybridized carbons (Fsp3) is 0.500. The number of aromatic nitrogens is 1. The summed E-state index contributed by atoms with van der Waals surface area (Å²) in [5, 5.41) is 13.6. The second-order valence-electron chi connectivity index (χ2n) is 2.26. The van der Waals surface area contributed by atoms with E-state index < -0.39 is 12.5 Å². The Bertz CT molecular complexity index is 271. The summed E-state index contributed by atoms with van der Waals surface area (Å²) in [6, 6.07) is 0. The molecule has 0 radical (unpaired) electrons. The lowest BCUT2D eigenvalue weighted by molar-refractivity contribution is 0.00384. The zero-order valence-electron chi connectivity index (χ0n) is 6.38. The SMILES string of the molecule is OC(CNc1nc(Cl)cs1)C(F)F. The van der Waals surface area contributed by atoms with Crippen molar-refractivity contribution >= 4 is 28.1 Å². The molecule has 3 nitrogen and oxygen atoms in total. The van der Waals surface area contributed by atoms with Crippen LogP contribution < -0.4 is 5.32 Å². The number of aliphatic hydroxyl groups excluding tert-OH is 1. The van der Waals surface area contributed by atoms with Crippen LogP contribution in [0.3, 0.4) is 0 Å². The number of alkyl halides is 2. The van der Waals surface area contributed by atoms with Gasteiger partial charge in [-0.25, -0.2) is 13.8 Å². The Labute approximate surface area is 82.4 Å². The van der Waals surface area contributed by atoms with Crippen molar-refractivity contribution in [3.8, 4) is 0 Å². The van der Waals surface area contributed by atoms with E-state index in [1.165, 1.54) is 11.3 Å². The molecule has 0 saturated carbocycles. The molecule has 1 atom stereocenters. The lowest BCUT2D eigenvalue weighted by atomic mass is 10.4. The van der Waals surface area contributed by atoms with Crippen molar-refractivity contribution in [2.75, 3.05) is 11.9 Å². The second kappa shape index (κ2) is 4.69. The van der Waals surface area contributed by atoms with Crippen LogP contribution in [0.5, 0.6) is 0 Å². The van der Waals surface area contributed by atoms with E-state index in [1.54, 1.807) is 5.38 Å². The summed E-state index contributed by atoms with van der Waals surface area (Å²) in [4.78, 5) is 3.76. The molecular formula is C6H7ClF2N2OS. The van der Waals surface area contributed by atoms with Crippen LogP contribution in [0.15, 0.2) is 5.38 Å². The minimum Gasteiger partial charge on any atom is -0.385 e. The molecule has 13 heavy (non-hydrogen) atoms. The van der Waals surface area contributed by atoms with Gasteiger partial charge in [0.25, 0.3) is 6.43 Å². The molecule has 7 heteroatoms. The summed E-state index contributed by atoms with van der Waals surface area (Å²) in [6.45, 7) is -0.235. The van der Waals surface area contributed by atoms with Crippen molar-refractivity contribution in [1.29, 1.82) is 0 Å². The third-order valence-corrected chi connectivity index (χ3v) is 2.35. The minimum absolute atomic E-state index is 0.235. The van der Waals surface area contributed by atoms with E-state index in [1.807, 2.05) is 0 Å². The smallest absolute Gasteiger partial charge is 0.265 e. The Hall–Kier alpha value is -0.460. The first-order valence-electron chi connectivity index (χ1n) is 3.40. The first kappa shape index (κ1) is 10.6. The number of nitrogens with one attached hydrogen (secondary N) is 1. The summed E-state index contributed by atoms with van der Waals surface area (Å²) in [7, 11) is 0. The topological polar surface area (TPSA) is 45.1 Å². The quantitative estimate of drug-likeness (QED) is 0.827. The molecule has 74 valence electrons. The van der Waals surface area contributed by atoms with Crippen LogP contribution in [-0.2, 0) is 0 Å². The van der Waals surface area contributed by atoms with Gasteiger partial charge in [-0.3, -0.25) is 0 Å². The van der Waals surface area contributed by atoms with Crippen LogP contribution in [-0.4, -0.2) is 29.2 Å². The molecule has 1 unspecified atom stereocenters. The van der Waals surface area contributed by atoms with E-state index in [0.29, 0.717) is 10.3 Å². The monoisotopic (exact) mass is 228 g/mol. The molecule has 0 saturated heterocycles. The van der Waals surface area contributed by atoms with Crippen LogP contribution in [0.25, 0.3) is 0 Å². The molecule has 1 aromatic heterocycles. The Morgan fingerprint density at radius 3 is 2.85 bits per heavy atom. The van der Waals surface area contributed by atoms with Gasteiger partial charge in [0.05, 0.1) is 0 Å². The van der Waals surface area contributed by atoms with Gasteiger partial charge in [0.1, 0.15) is 11.3 Å². The summed E-state index contributed by atoms with van der Waals surface area (Å²) >= 11 is 6.68. The van der Waals surface area contributed by atoms with E-state index in [-0.39, 0.29) is 6.54 Å². The Morgan fingerprint density at radius 1 is 1.69 bits per heavy atom. The molecule has 0 spiro atoms. The van der Waals surface area contributed by atoms with E-state index >= 15 is 0 Å². The van der Waals surface area contributed by atoms with Gasteiger partial charge in [0.15, 0.2) is 5.13 Å². The molecule has 2 N–H and O–H groups in total. The highest BCUT2D eigenvalue weighted by atomic mass is 35.5. The normalized spacial score (nSPS) is 13.3. The molecule has 0 aromatic carbocycles. The Balaban J connectivity index is 2.35. The first-order valence-corrected chi connectivity index (χ1v) is 4.66. The number of rotatable bonds is 4. The van der Waals surface area contributed by atoms with Crippen LogP contribution in [0.2, 0.25) is 5.15 Å². The number of anilines is 1. The van der Waals surface area contributed by atoms with Gasteiger partial charge < -0.3 is 10.4 Å². The van der Waals surface area contributed by atoms with Crippen LogP contribution >= 0.6 is 22.9 Å². The summed E-state index contributed by atoms with van der Waals surface area (Å²) in [6.07, 6.45) is -4.43. The predicted octanol–water partition coefficient (Wildman–Crippen LogP) is 1.83. The predicted molar refractivity (Wildman–Crippen MR) is 47.6 cm³/mol. The molecule has 0 amide bonds. The number of hydrogen-bond donors (Lipinski definition) is 2. The van der Waals surface area contributed by atoms with Gasteiger partial charge in [0.2, 0.25) is 0 Å². The summed E-state index contributed by atoms with van der Waals surface area (Å²) < 4.78 is 23.6. The maximum absolute atomic E-state index is 11.8. The third kappa shape index (κ3) is 3.41. The van der Waals surface area contributed by atoms with Gasteiger partial charge in [-0.05, 0) is 0 Å². The van der Waals surface area contributed by atoms with E-state index in [4.69, 9.17) is 16.7 Å². The van der Waals surface area contributed by atoms with Crippen molar-refractivity contribution in [2.45, 2.75) is 12.5 Å². The van der Waals surface area contributed by atoms with Crippen molar-refractivity contribution in [3.63, 3.8) is 0 Å². The molecule has 1 heterocycles. The van der Waals surface area contributed by atoms with Gasteiger partial charge >= 0.3 is 0 Å². The zero-order chi connectivity index (χ0) is 9.84. The number of aliphatic hydroxyl groups is 1. The highest BCUT2D eigenvalue weighted by molar-refractivity contribution is 7.14. The van der Waals surface area contributed by atoms with E-state index in [0.717, 1.165) is 0 Å². The average molecular weight is 229 g/mol. The lowest BCUT2D eigenvalue weighted by Crippen LogP contribution is -2.26. The first-order chi connectivity index (χ1) is 6.09. The number of halogens is 3. The fourth-order valence-electron chi connectivity index (χ4n) is 0.616. The van der Waals surface area contributed by atoms with Crippen molar-refractivity contribution in [1.82, 2.24) is 4.98 Å². The zero-order valence-corrected chi connectivity index (χ0v) is 7.95. The largest absolute Gasteiger partial charge is 0.385 e.